The van der Waals surface area contributed by atoms with E-state index < -0.39 is 41.4 Å². The van der Waals surface area contributed by atoms with E-state index in [2.05, 4.69) is 4.98 Å². The third-order valence-electron chi connectivity index (χ3n) is 2.65. The minimum atomic E-state index is -1.49. The summed E-state index contributed by atoms with van der Waals surface area (Å²) in [6.45, 7) is -0.737. The SMILES string of the molecule is O=C(O)Nc1cc(F)c(-c2c(F)cccc2F)nc1CO. The van der Waals surface area contributed by atoms with Gasteiger partial charge in [-0.1, -0.05) is 6.07 Å². The van der Waals surface area contributed by atoms with Crippen LogP contribution in [0.2, 0.25) is 0 Å². The molecule has 0 aliphatic heterocycles. The van der Waals surface area contributed by atoms with E-state index in [1.165, 1.54) is 0 Å². The molecule has 3 N–H and O–H groups in total. The van der Waals surface area contributed by atoms with Gasteiger partial charge < -0.3 is 10.2 Å². The number of aromatic nitrogens is 1. The highest BCUT2D eigenvalue weighted by Gasteiger charge is 2.20. The molecule has 1 amide bonds. The number of amides is 1. The molecule has 1 aromatic carbocycles. The molecule has 0 saturated heterocycles. The van der Waals surface area contributed by atoms with Crippen LogP contribution in [-0.4, -0.2) is 21.3 Å². The van der Waals surface area contributed by atoms with Crippen LogP contribution in [0.1, 0.15) is 5.69 Å². The van der Waals surface area contributed by atoms with Gasteiger partial charge in [-0.05, 0) is 12.1 Å². The fraction of sp³-hybridized carbons (Fsp3) is 0.0769. The predicted octanol–water partition coefficient (Wildman–Crippen LogP) is 2.75. The van der Waals surface area contributed by atoms with Crippen molar-refractivity contribution in [3.05, 3.63) is 47.4 Å². The number of anilines is 1. The maximum absolute atomic E-state index is 14.0. The van der Waals surface area contributed by atoms with E-state index in [9.17, 15) is 18.0 Å². The number of halogens is 3. The maximum Gasteiger partial charge on any atom is 0.409 e. The average molecular weight is 298 g/mol. The molecule has 0 unspecified atom stereocenters. The first-order valence-electron chi connectivity index (χ1n) is 5.68. The number of benzene rings is 1. The first kappa shape index (κ1) is 14.8. The van der Waals surface area contributed by atoms with Gasteiger partial charge in [0, 0.05) is 6.07 Å². The Labute approximate surface area is 116 Å². The summed E-state index contributed by atoms with van der Waals surface area (Å²) in [5, 5.41) is 19.6. The number of hydrogen-bond acceptors (Lipinski definition) is 3. The second-order valence-corrected chi connectivity index (χ2v) is 4.00. The van der Waals surface area contributed by atoms with Crippen molar-refractivity contribution in [2.45, 2.75) is 6.61 Å². The van der Waals surface area contributed by atoms with E-state index in [0.717, 1.165) is 18.2 Å². The molecule has 0 bridgehead atoms. The highest BCUT2D eigenvalue weighted by molar-refractivity contribution is 5.84. The summed E-state index contributed by atoms with van der Waals surface area (Å²) in [7, 11) is 0. The normalized spacial score (nSPS) is 10.5. The smallest absolute Gasteiger partial charge is 0.409 e. The summed E-state index contributed by atoms with van der Waals surface area (Å²) in [6.07, 6.45) is -1.49. The van der Waals surface area contributed by atoms with Crippen molar-refractivity contribution in [3.63, 3.8) is 0 Å². The van der Waals surface area contributed by atoms with E-state index in [1.54, 1.807) is 0 Å². The Hall–Kier alpha value is -2.61. The van der Waals surface area contributed by atoms with Crippen molar-refractivity contribution in [2.24, 2.45) is 0 Å². The van der Waals surface area contributed by atoms with Crippen molar-refractivity contribution in [1.29, 1.82) is 0 Å². The van der Waals surface area contributed by atoms with E-state index in [1.807, 2.05) is 5.32 Å². The molecule has 2 aromatic rings. The van der Waals surface area contributed by atoms with E-state index in [4.69, 9.17) is 10.2 Å². The number of aliphatic hydroxyl groups is 1. The van der Waals surface area contributed by atoms with Crippen molar-refractivity contribution >= 4 is 11.8 Å². The van der Waals surface area contributed by atoms with E-state index >= 15 is 0 Å². The van der Waals surface area contributed by atoms with Crippen molar-refractivity contribution in [3.8, 4) is 11.3 Å². The monoisotopic (exact) mass is 298 g/mol. The van der Waals surface area contributed by atoms with Gasteiger partial charge in [-0.25, -0.2) is 22.9 Å². The zero-order chi connectivity index (χ0) is 15.6. The number of rotatable bonds is 3. The Morgan fingerprint density at radius 2 is 1.81 bits per heavy atom. The van der Waals surface area contributed by atoms with Gasteiger partial charge >= 0.3 is 6.09 Å². The summed E-state index contributed by atoms with van der Waals surface area (Å²) < 4.78 is 41.2. The predicted molar refractivity (Wildman–Crippen MR) is 67.1 cm³/mol. The fourth-order valence-corrected chi connectivity index (χ4v) is 1.77. The second kappa shape index (κ2) is 5.80. The fourth-order valence-electron chi connectivity index (χ4n) is 1.77. The molecular weight excluding hydrogens is 289 g/mol. The molecule has 0 radical (unpaired) electrons. The molecule has 0 spiro atoms. The molecular formula is C13H9F3N2O3. The van der Waals surface area contributed by atoms with Gasteiger partial charge in [0.1, 0.15) is 17.3 Å². The maximum atomic E-state index is 14.0. The first-order valence-corrected chi connectivity index (χ1v) is 5.68. The molecule has 8 heteroatoms. The standard InChI is InChI=1S/C13H9F3N2O3/c14-6-2-1-3-7(15)11(6)12-8(16)4-9(18-13(20)21)10(5-19)17-12/h1-4,18-19H,5H2,(H,20,21). The largest absolute Gasteiger partial charge is 0.465 e. The molecule has 0 aliphatic rings. The number of hydrogen-bond donors (Lipinski definition) is 3. The molecule has 1 aromatic heterocycles. The van der Waals surface area contributed by atoms with Crippen LogP contribution in [0.5, 0.6) is 0 Å². The Bertz CT molecular complexity index is 687. The highest BCUT2D eigenvalue weighted by Crippen LogP contribution is 2.29. The molecule has 0 saturated carbocycles. The van der Waals surface area contributed by atoms with Gasteiger partial charge in [-0.15, -0.1) is 0 Å². The molecule has 0 atom stereocenters. The van der Waals surface area contributed by atoms with Gasteiger partial charge in [0.15, 0.2) is 5.82 Å². The third-order valence-corrected chi connectivity index (χ3v) is 2.65. The van der Waals surface area contributed by atoms with Crippen LogP contribution in [0, 0.1) is 17.5 Å². The zero-order valence-electron chi connectivity index (χ0n) is 10.4. The van der Waals surface area contributed by atoms with Crippen LogP contribution in [-0.2, 0) is 6.61 Å². The number of nitrogens with one attached hydrogen (secondary N) is 1. The summed E-state index contributed by atoms with van der Waals surface area (Å²) in [5.41, 5.74) is -1.89. The van der Waals surface area contributed by atoms with E-state index in [-0.39, 0.29) is 11.4 Å². The van der Waals surface area contributed by atoms with Gasteiger partial charge in [0.05, 0.1) is 23.6 Å². The van der Waals surface area contributed by atoms with Crippen LogP contribution in [0.15, 0.2) is 24.3 Å². The third kappa shape index (κ3) is 2.95. The van der Waals surface area contributed by atoms with Gasteiger partial charge in [-0.2, -0.15) is 0 Å². The number of nitrogens with zero attached hydrogens (tertiary/aromatic N) is 1. The molecule has 21 heavy (non-hydrogen) atoms. The highest BCUT2D eigenvalue weighted by atomic mass is 19.1. The lowest BCUT2D eigenvalue weighted by atomic mass is 10.1. The minimum absolute atomic E-state index is 0.253. The lowest BCUT2D eigenvalue weighted by Gasteiger charge is -2.11. The minimum Gasteiger partial charge on any atom is -0.465 e. The Morgan fingerprint density at radius 3 is 2.33 bits per heavy atom. The van der Waals surface area contributed by atoms with E-state index in [0.29, 0.717) is 6.07 Å². The van der Waals surface area contributed by atoms with Crippen molar-refractivity contribution in [2.75, 3.05) is 5.32 Å². The number of carbonyl (C=O) groups is 1. The summed E-state index contributed by atoms with van der Waals surface area (Å²) >= 11 is 0. The van der Waals surface area contributed by atoms with Crippen LogP contribution in [0.25, 0.3) is 11.3 Å². The Balaban J connectivity index is 2.63. The average Bonchev–Trinajstić information content (AvgIpc) is 2.40. The summed E-state index contributed by atoms with van der Waals surface area (Å²) in [6, 6.07) is 3.68. The van der Waals surface area contributed by atoms with Gasteiger partial charge in [-0.3, -0.25) is 5.32 Å². The molecule has 110 valence electrons. The number of pyridine rings is 1. The molecule has 1 heterocycles. The lowest BCUT2D eigenvalue weighted by Crippen LogP contribution is -2.12. The summed E-state index contributed by atoms with van der Waals surface area (Å²) in [4.78, 5) is 14.2. The van der Waals surface area contributed by atoms with Crippen molar-refractivity contribution < 1.29 is 28.2 Å². The topological polar surface area (TPSA) is 82.5 Å². The summed E-state index contributed by atoms with van der Waals surface area (Å²) in [5.74, 6) is -3.17. The molecule has 0 fully saturated rings. The molecule has 0 aliphatic carbocycles. The van der Waals surface area contributed by atoms with Crippen LogP contribution in [0.3, 0.4) is 0 Å². The van der Waals surface area contributed by atoms with Crippen LogP contribution < -0.4 is 5.32 Å². The Kier molecular flexibility index (Phi) is 4.08. The quantitative estimate of drug-likeness (QED) is 0.813. The molecule has 2 rings (SSSR count). The second-order valence-electron chi connectivity index (χ2n) is 4.00. The zero-order valence-corrected chi connectivity index (χ0v) is 10.4. The Morgan fingerprint density at radius 1 is 1.19 bits per heavy atom. The first-order chi connectivity index (χ1) is 9.93. The number of aliphatic hydroxyl groups excluding tert-OH is 1. The van der Waals surface area contributed by atoms with Crippen molar-refractivity contribution in [1.82, 2.24) is 4.98 Å². The van der Waals surface area contributed by atoms with Gasteiger partial charge in [0.2, 0.25) is 0 Å². The lowest BCUT2D eigenvalue weighted by molar-refractivity contribution is 0.209. The van der Waals surface area contributed by atoms with Gasteiger partial charge in [0.25, 0.3) is 0 Å². The van der Waals surface area contributed by atoms with Crippen LogP contribution >= 0.6 is 0 Å². The molecule has 5 nitrogen and oxygen atoms in total. The van der Waals surface area contributed by atoms with Crippen LogP contribution in [0.4, 0.5) is 23.7 Å². The number of carboxylic acid groups (broad SMARTS) is 1.